The van der Waals surface area contributed by atoms with Crippen molar-refractivity contribution in [3.8, 4) is 10.6 Å². The first-order chi connectivity index (χ1) is 11.3. The smallest absolute Gasteiger partial charge is 0.274 e. The third kappa shape index (κ3) is 2.79. The third-order valence-electron chi connectivity index (χ3n) is 4.18. The van der Waals surface area contributed by atoms with Gasteiger partial charge in [0.25, 0.3) is 5.91 Å². The van der Waals surface area contributed by atoms with Gasteiger partial charge in [-0.25, -0.2) is 0 Å². The largest absolute Gasteiger partial charge is 0.332 e. The molecule has 6 nitrogen and oxygen atoms in total. The summed E-state index contributed by atoms with van der Waals surface area (Å²) in [7, 11) is 0. The van der Waals surface area contributed by atoms with Gasteiger partial charge in [-0.05, 0) is 36.4 Å². The van der Waals surface area contributed by atoms with Crippen molar-refractivity contribution in [2.24, 2.45) is 0 Å². The zero-order chi connectivity index (χ0) is 15.6. The lowest BCUT2D eigenvalue weighted by Crippen LogP contribution is -2.38. The molecule has 0 aliphatic carbocycles. The SMILES string of the molecule is O=C(c1cc(-c2cccs2)[nH]n1)N1CCC[C@@H]1Cn1cccn1. The molecule has 4 heterocycles. The van der Waals surface area contributed by atoms with Gasteiger partial charge in [0, 0.05) is 18.9 Å². The van der Waals surface area contributed by atoms with Gasteiger partial charge in [0.15, 0.2) is 5.69 Å². The van der Waals surface area contributed by atoms with Gasteiger partial charge in [-0.1, -0.05) is 6.07 Å². The summed E-state index contributed by atoms with van der Waals surface area (Å²) in [5.74, 6) is -0.00119. The maximum Gasteiger partial charge on any atom is 0.274 e. The molecular weight excluding hydrogens is 310 g/mol. The summed E-state index contributed by atoms with van der Waals surface area (Å²) >= 11 is 1.63. The third-order valence-corrected chi connectivity index (χ3v) is 5.08. The van der Waals surface area contributed by atoms with Crippen LogP contribution >= 0.6 is 11.3 Å². The first-order valence-electron chi connectivity index (χ1n) is 7.69. The minimum absolute atomic E-state index is 0.00119. The van der Waals surface area contributed by atoms with Crippen LogP contribution < -0.4 is 0 Å². The lowest BCUT2D eigenvalue weighted by Gasteiger charge is -2.23. The molecule has 4 rings (SSSR count). The van der Waals surface area contributed by atoms with Gasteiger partial charge < -0.3 is 4.90 Å². The lowest BCUT2D eigenvalue weighted by molar-refractivity contribution is 0.0715. The second-order valence-corrected chi connectivity index (χ2v) is 6.61. The molecule has 1 aliphatic heterocycles. The second-order valence-electron chi connectivity index (χ2n) is 5.67. The van der Waals surface area contributed by atoms with Crippen LogP contribution in [0.1, 0.15) is 23.3 Å². The molecule has 0 spiro atoms. The van der Waals surface area contributed by atoms with E-state index in [1.165, 1.54) is 0 Å². The van der Waals surface area contributed by atoms with E-state index >= 15 is 0 Å². The lowest BCUT2D eigenvalue weighted by atomic mass is 10.2. The zero-order valence-corrected chi connectivity index (χ0v) is 13.4. The summed E-state index contributed by atoms with van der Waals surface area (Å²) in [6, 6.07) is 7.94. The highest BCUT2D eigenvalue weighted by Gasteiger charge is 2.31. The van der Waals surface area contributed by atoms with E-state index in [-0.39, 0.29) is 11.9 Å². The summed E-state index contributed by atoms with van der Waals surface area (Å²) in [4.78, 5) is 15.8. The van der Waals surface area contributed by atoms with E-state index in [0.717, 1.165) is 36.5 Å². The van der Waals surface area contributed by atoms with E-state index in [0.29, 0.717) is 5.69 Å². The van der Waals surface area contributed by atoms with Gasteiger partial charge in [0.2, 0.25) is 0 Å². The van der Waals surface area contributed by atoms with Gasteiger partial charge >= 0.3 is 0 Å². The molecule has 0 saturated carbocycles. The van der Waals surface area contributed by atoms with Crippen LogP contribution in [0.4, 0.5) is 0 Å². The van der Waals surface area contributed by atoms with E-state index in [9.17, 15) is 4.79 Å². The topological polar surface area (TPSA) is 66.8 Å². The molecule has 1 saturated heterocycles. The van der Waals surface area contributed by atoms with Crippen molar-refractivity contribution in [3.63, 3.8) is 0 Å². The Hall–Kier alpha value is -2.41. The van der Waals surface area contributed by atoms with Crippen molar-refractivity contribution in [1.82, 2.24) is 24.9 Å². The highest BCUT2D eigenvalue weighted by atomic mass is 32.1. The predicted octanol–water partition coefficient (Wildman–Crippen LogP) is 2.64. The Morgan fingerprint density at radius 1 is 1.43 bits per heavy atom. The molecule has 0 unspecified atom stereocenters. The number of amides is 1. The first-order valence-corrected chi connectivity index (χ1v) is 8.57. The van der Waals surface area contributed by atoms with Crippen LogP contribution in [-0.2, 0) is 6.54 Å². The van der Waals surface area contributed by atoms with Gasteiger partial charge in [-0.3, -0.25) is 14.6 Å². The highest BCUT2D eigenvalue weighted by molar-refractivity contribution is 7.13. The van der Waals surface area contributed by atoms with Crippen molar-refractivity contribution >= 4 is 17.2 Å². The summed E-state index contributed by atoms with van der Waals surface area (Å²) < 4.78 is 1.89. The molecular formula is C16H17N5OS. The zero-order valence-electron chi connectivity index (χ0n) is 12.6. The molecule has 1 amide bonds. The highest BCUT2D eigenvalue weighted by Crippen LogP contribution is 2.25. The Kier molecular flexibility index (Phi) is 3.70. The van der Waals surface area contributed by atoms with Crippen molar-refractivity contribution in [2.75, 3.05) is 6.54 Å². The number of likely N-dealkylation sites (tertiary alicyclic amines) is 1. The standard InChI is InChI=1S/C16H17N5OS/c22-16(14-10-13(18-19-14)15-5-2-9-23-15)21-8-1-4-12(21)11-20-7-3-6-17-20/h2-3,5-7,9-10,12H,1,4,8,11H2,(H,18,19)/t12-/m1/s1. The number of hydrogen-bond donors (Lipinski definition) is 1. The minimum Gasteiger partial charge on any atom is -0.332 e. The van der Waals surface area contributed by atoms with Gasteiger partial charge in [0.1, 0.15) is 0 Å². The quantitative estimate of drug-likeness (QED) is 0.801. The summed E-state index contributed by atoms with van der Waals surface area (Å²) in [6.07, 6.45) is 5.74. The molecule has 23 heavy (non-hydrogen) atoms. The van der Waals surface area contributed by atoms with Gasteiger partial charge in [-0.15, -0.1) is 11.3 Å². The normalized spacial score (nSPS) is 17.7. The number of hydrogen-bond acceptors (Lipinski definition) is 4. The van der Waals surface area contributed by atoms with Gasteiger partial charge in [0.05, 0.1) is 23.2 Å². The summed E-state index contributed by atoms with van der Waals surface area (Å²) in [5, 5.41) is 13.4. The number of carbonyl (C=O) groups excluding carboxylic acids is 1. The summed E-state index contributed by atoms with van der Waals surface area (Å²) in [5.41, 5.74) is 1.38. The molecule has 3 aromatic heterocycles. The molecule has 1 atom stereocenters. The average Bonchev–Trinajstić information content (AvgIpc) is 3.33. The van der Waals surface area contributed by atoms with Crippen LogP contribution in [0.25, 0.3) is 10.6 Å². The molecule has 1 aliphatic rings. The Morgan fingerprint density at radius 3 is 3.17 bits per heavy atom. The van der Waals surface area contributed by atoms with Crippen LogP contribution in [0.3, 0.4) is 0 Å². The number of aromatic nitrogens is 4. The van der Waals surface area contributed by atoms with Crippen LogP contribution in [0.15, 0.2) is 42.0 Å². The minimum atomic E-state index is -0.00119. The Bertz CT molecular complexity index is 777. The van der Waals surface area contributed by atoms with E-state index < -0.39 is 0 Å². The average molecular weight is 327 g/mol. The van der Waals surface area contributed by atoms with Crippen LogP contribution in [0.2, 0.25) is 0 Å². The van der Waals surface area contributed by atoms with Gasteiger partial charge in [-0.2, -0.15) is 10.2 Å². The fraction of sp³-hybridized carbons (Fsp3) is 0.312. The fourth-order valence-electron chi connectivity index (χ4n) is 3.05. The maximum atomic E-state index is 12.8. The van der Waals surface area contributed by atoms with Crippen molar-refractivity contribution in [2.45, 2.75) is 25.4 Å². The Morgan fingerprint density at radius 2 is 2.39 bits per heavy atom. The van der Waals surface area contributed by atoms with E-state index in [4.69, 9.17) is 0 Å². The molecule has 0 bridgehead atoms. The number of thiophene rings is 1. The van der Waals surface area contributed by atoms with Crippen LogP contribution in [-0.4, -0.2) is 43.4 Å². The van der Waals surface area contributed by atoms with Crippen LogP contribution in [0, 0.1) is 0 Å². The molecule has 118 valence electrons. The van der Waals surface area contributed by atoms with E-state index in [1.807, 2.05) is 45.4 Å². The van der Waals surface area contributed by atoms with Crippen LogP contribution in [0.5, 0.6) is 0 Å². The van der Waals surface area contributed by atoms with Crippen molar-refractivity contribution in [1.29, 1.82) is 0 Å². The molecule has 7 heteroatoms. The second kappa shape index (κ2) is 6.00. The molecule has 0 aromatic carbocycles. The monoisotopic (exact) mass is 327 g/mol. The maximum absolute atomic E-state index is 12.8. The molecule has 1 N–H and O–H groups in total. The Balaban J connectivity index is 1.51. The number of H-pyrrole nitrogens is 1. The molecule has 1 fully saturated rings. The number of nitrogens with zero attached hydrogens (tertiary/aromatic N) is 4. The number of aromatic amines is 1. The van der Waals surface area contributed by atoms with Crippen molar-refractivity contribution in [3.05, 3.63) is 47.7 Å². The Labute approximate surface area is 137 Å². The molecule has 0 radical (unpaired) electrons. The fourth-order valence-corrected chi connectivity index (χ4v) is 3.75. The van der Waals surface area contributed by atoms with E-state index in [2.05, 4.69) is 15.3 Å². The van der Waals surface area contributed by atoms with Crippen molar-refractivity contribution < 1.29 is 4.79 Å². The number of rotatable bonds is 4. The molecule has 3 aromatic rings. The predicted molar refractivity (Wildman–Crippen MR) is 88.2 cm³/mol. The number of carbonyl (C=O) groups is 1. The number of nitrogens with one attached hydrogen (secondary N) is 1. The summed E-state index contributed by atoms with van der Waals surface area (Å²) in [6.45, 7) is 1.52. The van der Waals surface area contributed by atoms with E-state index in [1.54, 1.807) is 17.5 Å². The first kappa shape index (κ1) is 14.2.